The molecule has 0 fully saturated rings. The molecule has 0 spiro atoms. The van der Waals surface area contributed by atoms with E-state index in [0.29, 0.717) is 0 Å². The Kier molecular flexibility index (Phi) is 5.17. The van der Waals surface area contributed by atoms with E-state index in [1.165, 1.54) is 45.5 Å². The van der Waals surface area contributed by atoms with Gasteiger partial charge in [-0.3, -0.25) is 9.13 Å². The predicted octanol–water partition coefficient (Wildman–Crippen LogP) is 3.90. The van der Waals surface area contributed by atoms with Gasteiger partial charge in [-0.1, -0.05) is 6.07 Å². The molecule has 0 amide bonds. The molecule has 0 N–H and O–H groups in total. The highest BCUT2D eigenvalue weighted by atomic mass is 19.3. The van der Waals surface area contributed by atoms with Crippen LogP contribution in [-0.4, -0.2) is 28.8 Å². The Morgan fingerprint density at radius 3 is 2.46 bits per heavy atom. The summed E-state index contributed by atoms with van der Waals surface area (Å²) in [5.74, 6) is -1.91. The van der Waals surface area contributed by atoms with Crippen molar-refractivity contribution in [2.24, 2.45) is 0 Å². The maximum Gasteiger partial charge on any atom is 0.387 e. The number of rotatable bonds is 5. The van der Waals surface area contributed by atoms with Gasteiger partial charge in [0.15, 0.2) is 5.82 Å². The molecular weight excluding hydrogens is 377 g/mol. The van der Waals surface area contributed by atoms with Gasteiger partial charge in [-0.2, -0.15) is 8.78 Å². The number of nitrogens with zero attached hydrogens (tertiary/aromatic N) is 2. The number of hydrogen-bond acceptors (Lipinski definition) is 4. The highest BCUT2D eigenvalue weighted by Crippen LogP contribution is 2.27. The van der Waals surface area contributed by atoms with Crippen LogP contribution in [0.4, 0.5) is 13.2 Å². The lowest BCUT2D eigenvalue weighted by atomic mass is 10.1. The summed E-state index contributed by atoms with van der Waals surface area (Å²) >= 11 is 0. The molecule has 0 saturated heterocycles. The number of esters is 1. The number of halogens is 3. The maximum atomic E-state index is 15.1. The lowest BCUT2D eigenvalue weighted by molar-refractivity contribution is -0.0498. The molecule has 0 aliphatic heterocycles. The standard InChI is InChI=1S/C19H17F3N2O4/c1-10(2)23-16-14(8-7-13(15(16)20)17(25)27-3)24(19(23)26)11-5-4-6-12(9-11)28-18(21)22/h4-10,18H,1-3H3. The Balaban J connectivity index is 2.33. The van der Waals surface area contributed by atoms with E-state index in [1.54, 1.807) is 13.8 Å². The topological polar surface area (TPSA) is 62.5 Å². The summed E-state index contributed by atoms with van der Waals surface area (Å²) in [6.45, 7) is 0.349. The van der Waals surface area contributed by atoms with Crippen molar-refractivity contribution in [3.05, 3.63) is 58.3 Å². The van der Waals surface area contributed by atoms with Crippen molar-refractivity contribution in [3.63, 3.8) is 0 Å². The summed E-state index contributed by atoms with van der Waals surface area (Å²) in [4.78, 5) is 24.8. The normalized spacial score (nSPS) is 11.4. The van der Waals surface area contributed by atoms with E-state index in [1.807, 2.05) is 0 Å². The van der Waals surface area contributed by atoms with Crippen LogP contribution in [0, 0.1) is 5.82 Å². The van der Waals surface area contributed by atoms with Gasteiger partial charge in [0.2, 0.25) is 0 Å². The molecule has 0 aliphatic carbocycles. The van der Waals surface area contributed by atoms with E-state index in [4.69, 9.17) is 0 Å². The SMILES string of the molecule is COC(=O)c1ccc2c(c1F)n(C(C)C)c(=O)n2-c1cccc(OC(F)F)c1. The van der Waals surface area contributed by atoms with Crippen molar-refractivity contribution in [1.82, 2.24) is 9.13 Å². The van der Waals surface area contributed by atoms with E-state index in [9.17, 15) is 18.4 Å². The molecular formula is C19H17F3N2O4. The summed E-state index contributed by atoms with van der Waals surface area (Å²) in [7, 11) is 1.13. The Morgan fingerprint density at radius 2 is 1.86 bits per heavy atom. The van der Waals surface area contributed by atoms with Gasteiger partial charge in [-0.25, -0.2) is 14.0 Å². The number of carbonyl (C=O) groups excluding carboxylic acids is 1. The number of aromatic nitrogens is 2. The van der Waals surface area contributed by atoms with Crippen molar-refractivity contribution in [2.75, 3.05) is 7.11 Å². The molecule has 6 nitrogen and oxygen atoms in total. The third-order valence-electron chi connectivity index (χ3n) is 4.20. The zero-order valence-corrected chi connectivity index (χ0v) is 15.3. The summed E-state index contributed by atoms with van der Waals surface area (Å²) in [5.41, 5.74) is -0.574. The van der Waals surface area contributed by atoms with Gasteiger partial charge in [0.1, 0.15) is 11.3 Å². The number of hydrogen-bond donors (Lipinski definition) is 0. The quantitative estimate of drug-likeness (QED) is 0.616. The minimum absolute atomic E-state index is 0.0805. The first kappa shape index (κ1) is 19.5. The number of imidazole rings is 1. The summed E-state index contributed by atoms with van der Waals surface area (Å²) in [6, 6.07) is 7.71. The molecule has 0 saturated carbocycles. The first-order valence-corrected chi connectivity index (χ1v) is 8.35. The molecule has 9 heteroatoms. The molecule has 2 aromatic carbocycles. The van der Waals surface area contributed by atoms with Crippen LogP contribution in [0.2, 0.25) is 0 Å². The Morgan fingerprint density at radius 1 is 1.14 bits per heavy atom. The zero-order valence-electron chi connectivity index (χ0n) is 15.3. The summed E-state index contributed by atoms with van der Waals surface area (Å²) < 4.78 is 51.5. The van der Waals surface area contributed by atoms with Crippen molar-refractivity contribution >= 4 is 17.0 Å². The molecule has 0 radical (unpaired) electrons. The molecule has 148 valence electrons. The minimum Gasteiger partial charge on any atom is -0.465 e. The maximum absolute atomic E-state index is 15.1. The molecule has 0 bridgehead atoms. The highest BCUT2D eigenvalue weighted by Gasteiger charge is 2.24. The second-order valence-corrected chi connectivity index (χ2v) is 6.24. The smallest absolute Gasteiger partial charge is 0.387 e. The fourth-order valence-electron chi connectivity index (χ4n) is 3.07. The van der Waals surface area contributed by atoms with E-state index in [0.717, 1.165) is 7.11 Å². The van der Waals surface area contributed by atoms with Crippen molar-refractivity contribution < 1.29 is 27.4 Å². The van der Waals surface area contributed by atoms with Gasteiger partial charge in [0, 0.05) is 12.1 Å². The van der Waals surface area contributed by atoms with Gasteiger partial charge in [0.05, 0.1) is 23.9 Å². The molecule has 1 heterocycles. The van der Waals surface area contributed by atoms with Crippen LogP contribution in [0.25, 0.3) is 16.7 Å². The van der Waals surface area contributed by atoms with Crippen molar-refractivity contribution in [2.45, 2.75) is 26.5 Å². The average Bonchev–Trinajstić information content (AvgIpc) is 2.94. The number of methoxy groups -OCH3 is 1. The number of carbonyl (C=O) groups is 1. The first-order chi connectivity index (χ1) is 13.3. The monoisotopic (exact) mass is 394 g/mol. The zero-order chi connectivity index (χ0) is 20.6. The number of alkyl halides is 2. The van der Waals surface area contributed by atoms with Crippen LogP contribution >= 0.6 is 0 Å². The van der Waals surface area contributed by atoms with Crippen molar-refractivity contribution in [3.8, 4) is 11.4 Å². The fourth-order valence-corrected chi connectivity index (χ4v) is 3.07. The lowest BCUT2D eigenvalue weighted by Gasteiger charge is -2.09. The summed E-state index contributed by atoms with van der Waals surface area (Å²) in [6.07, 6.45) is 0. The predicted molar refractivity (Wildman–Crippen MR) is 95.8 cm³/mol. The molecule has 28 heavy (non-hydrogen) atoms. The molecule has 0 atom stereocenters. The number of benzene rings is 2. The minimum atomic E-state index is -3.02. The Hall–Kier alpha value is -3.23. The van der Waals surface area contributed by atoms with Gasteiger partial charge >= 0.3 is 18.3 Å². The second kappa shape index (κ2) is 7.41. The Labute approximate surface area is 157 Å². The van der Waals surface area contributed by atoms with Gasteiger partial charge in [-0.15, -0.1) is 0 Å². The Bertz CT molecular complexity index is 1100. The van der Waals surface area contributed by atoms with Crippen LogP contribution in [0.1, 0.15) is 30.2 Å². The third-order valence-corrected chi connectivity index (χ3v) is 4.20. The largest absolute Gasteiger partial charge is 0.465 e. The van der Waals surface area contributed by atoms with E-state index in [2.05, 4.69) is 9.47 Å². The highest BCUT2D eigenvalue weighted by molar-refractivity contribution is 5.94. The molecule has 0 aliphatic rings. The van der Waals surface area contributed by atoms with E-state index < -0.39 is 30.1 Å². The lowest BCUT2D eigenvalue weighted by Crippen LogP contribution is -2.24. The number of fused-ring (bicyclic) bond motifs is 1. The average molecular weight is 394 g/mol. The molecule has 1 aromatic heterocycles. The van der Waals surface area contributed by atoms with Crippen LogP contribution in [-0.2, 0) is 4.74 Å². The van der Waals surface area contributed by atoms with E-state index >= 15 is 4.39 Å². The van der Waals surface area contributed by atoms with Crippen molar-refractivity contribution in [1.29, 1.82) is 0 Å². The van der Waals surface area contributed by atoms with E-state index in [-0.39, 0.29) is 28.0 Å². The third kappa shape index (κ3) is 3.23. The van der Waals surface area contributed by atoms with Crippen LogP contribution in [0.15, 0.2) is 41.2 Å². The van der Waals surface area contributed by atoms with Crippen LogP contribution in [0.5, 0.6) is 5.75 Å². The first-order valence-electron chi connectivity index (χ1n) is 8.35. The molecule has 0 unspecified atom stereocenters. The van der Waals surface area contributed by atoms with Crippen LogP contribution < -0.4 is 10.4 Å². The number of ether oxygens (including phenoxy) is 2. The molecule has 3 aromatic rings. The second-order valence-electron chi connectivity index (χ2n) is 6.24. The fraction of sp³-hybridized carbons (Fsp3) is 0.263. The van der Waals surface area contributed by atoms with Gasteiger partial charge < -0.3 is 9.47 Å². The molecule has 3 rings (SSSR count). The van der Waals surface area contributed by atoms with Crippen LogP contribution in [0.3, 0.4) is 0 Å². The van der Waals surface area contributed by atoms with Gasteiger partial charge in [-0.05, 0) is 38.1 Å². The summed E-state index contributed by atoms with van der Waals surface area (Å²) in [5, 5.41) is 0. The van der Waals surface area contributed by atoms with Gasteiger partial charge in [0.25, 0.3) is 0 Å².